The summed E-state index contributed by atoms with van der Waals surface area (Å²) in [5.74, 6) is 0. The van der Waals surface area contributed by atoms with Crippen LogP contribution in [-0.4, -0.2) is 46.1 Å². The molecule has 0 nitrogen and oxygen atoms in total. The Morgan fingerprint density at radius 1 is 0.875 bits per heavy atom. The smallest absolute Gasteiger partial charge is 1.00 e. The molecule has 0 aromatic rings. The summed E-state index contributed by atoms with van der Waals surface area (Å²) in [4.78, 5) is 0. The minimum absolute atomic E-state index is 0. The summed E-state index contributed by atoms with van der Waals surface area (Å²) >= 11 is -1.72. The molecule has 0 heterocycles. The Morgan fingerprint density at radius 2 is 0.875 bits per heavy atom. The van der Waals surface area contributed by atoms with E-state index in [9.17, 15) is 0 Å². The van der Waals surface area contributed by atoms with Crippen molar-refractivity contribution in [2.24, 2.45) is 0 Å². The van der Waals surface area contributed by atoms with Crippen LogP contribution in [0.5, 0.6) is 0 Å². The molecule has 0 N–H and O–H groups in total. The summed E-state index contributed by atoms with van der Waals surface area (Å²) in [6.45, 7) is 0. The molecule has 0 bridgehead atoms. The van der Waals surface area contributed by atoms with Crippen molar-refractivity contribution in [2.45, 2.75) is 0 Å². The van der Waals surface area contributed by atoms with E-state index in [2.05, 4.69) is 0 Å². The first-order valence-corrected chi connectivity index (χ1v) is 5.89. The summed E-state index contributed by atoms with van der Waals surface area (Å²) in [5.41, 5.74) is 0. The normalized spacial score (nSPS) is 3.38. The van der Waals surface area contributed by atoms with Gasteiger partial charge in [0.1, 0.15) is 0 Å². The molecule has 0 amide bonds. The van der Waals surface area contributed by atoms with Crippen molar-refractivity contribution < 1.29 is 40.6 Å². The zero-order valence-electron chi connectivity index (χ0n) is 5.71. The van der Waals surface area contributed by atoms with Crippen molar-refractivity contribution in [1.29, 1.82) is 0 Å². The van der Waals surface area contributed by atoms with Crippen molar-refractivity contribution in [3.63, 3.8) is 0 Å². The average molecular weight is 209 g/mol. The zero-order chi connectivity index (χ0) is 3.58. The first-order valence-electron chi connectivity index (χ1n) is 0.655. The second kappa shape index (κ2) is 22.4. The van der Waals surface area contributed by atoms with Gasteiger partial charge in [0.15, 0.2) is 34.7 Å². The molecule has 0 radical (unpaired) electrons. The first-order chi connectivity index (χ1) is 1.73. The van der Waals surface area contributed by atoms with E-state index in [1.807, 2.05) is 0 Å². The molecular formula is H8Al3Cl3Li2. The third kappa shape index (κ3) is 54.1. The van der Waals surface area contributed by atoms with Crippen LogP contribution in [0.3, 0.4) is 0 Å². The van der Waals surface area contributed by atoms with Crippen LogP contribution in [-0.2, 0) is 0 Å². The van der Waals surface area contributed by atoms with Crippen LogP contribution in [0.1, 0.15) is 2.85 Å². The van der Waals surface area contributed by atoms with Gasteiger partial charge in [0.05, 0.1) is 0 Å². The van der Waals surface area contributed by atoms with E-state index in [0.29, 0.717) is 0 Å². The summed E-state index contributed by atoms with van der Waals surface area (Å²) < 4.78 is 0. The number of rotatable bonds is 0. The standard InChI is InChI=1S/3Al.3ClH.2Li.8H/h;;;3*1H;;;;;;;;;;/q;;+3;;;;2*+1;;;;;;;2*-1/p-3. The van der Waals surface area contributed by atoms with Crippen molar-refractivity contribution in [2.75, 3.05) is 0 Å². The quantitative estimate of drug-likeness (QED) is 0.348. The van der Waals surface area contributed by atoms with Crippen LogP contribution in [0.25, 0.3) is 0 Å². The van der Waals surface area contributed by atoms with Crippen LogP contribution >= 0.6 is 30.1 Å². The van der Waals surface area contributed by atoms with E-state index in [4.69, 9.17) is 30.1 Å². The molecule has 0 saturated carbocycles. The Balaban J connectivity index is -0.00000000300. The molecule has 0 saturated heterocycles. The summed E-state index contributed by atoms with van der Waals surface area (Å²) in [5, 5.41) is 0. The van der Waals surface area contributed by atoms with Gasteiger partial charge in [-0.05, 0) is 0 Å². The van der Waals surface area contributed by atoms with Gasteiger partial charge in [-0.2, -0.15) is 0 Å². The van der Waals surface area contributed by atoms with E-state index in [-0.39, 0.29) is 75.3 Å². The maximum absolute atomic E-state index is 4.94. The molecule has 8 heavy (non-hydrogen) atoms. The third-order valence-electron chi connectivity index (χ3n) is 0. The number of hydrogen-bond donors (Lipinski definition) is 0. The molecular weight excluding hydrogens is 201 g/mol. The zero-order valence-corrected chi connectivity index (χ0v) is 7.13. The van der Waals surface area contributed by atoms with Crippen molar-refractivity contribution in [3.05, 3.63) is 0 Å². The summed E-state index contributed by atoms with van der Waals surface area (Å²) in [7, 11) is 14.8. The van der Waals surface area contributed by atoms with Crippen LogP contribution in [0.15, 0.2) is 0 Å². The maximum atomic E-state index is 4.94. The predicted octanol–water partition coefficient (Wildman–Crippen LogP) is -6.45. The molecule has 0 aliphatic rings. The van der Waals surface area contributed by atoms with Gasteiger partial charge in [0.25, 0.3) is 0 Å². The van der Waals surface area contributed by atoms with Crippen LogP contribution in [0.4, 0.5) is 0 Å². The van der Waals surface area contributed by atoms with Crippen molar-refractivity contribution >= 4 is 76.3 Å². The molecule has 40 valence electrons. The molecule has 0 spiro atoms. The van der Waals surface area contributed by atoms with E-state index < -0.39 is 11.4 Å². The van der Waals surface area contributed by atoms with E-state index in [0.717, 1.165) is 0 Å². The Labute approximate surface area is 115 Å². The van der Waals surface area contributed by atoms with Gasteiger partial charge >= 0.3 is 49.1 Å². The number of hydrogen-bond acceptors (Lipinski definition) is 0. The topological polar surface area (TPSA) is 0 Å². The van der Waals surface area contributed by atoms with E-state index >= 15 is 0 Å². The van der Waals surface area contributed by atoms with Gasteiger partial charge in [-0.25, -0.2) is 30.1 Å². The Kier molecular flexibility index (Phi) is 83.7. The second-order valence-electron chi connectivity index (χ2n) is 0.247. The van der Waals surface area contributed by atoms with Gasteiger partial charge < -0.3 is 2.85 Å². The average Bonchev–Trinajstić information content (AvgIpc) is 0.811. The Morgan fingerprint density at radius 3 is 0.875 bits per heavy atom. The molecule has 8 heteroatoms. The van der Waals surface area contributed by atoms with Gasteiger partial charge in [-0.1, -0.05) is 0 Å². The Bertz CT molecular complexity index is 24.5. The predicted molar refractivity (Wildman–Crippen MR) is 45.4 cm³/mol. The Hall–Kier alpha value is 3.66. The molecule has 0 aromatic heterocycles. The SMILES string of the molecule is [AlH3].[AlH3].[Cl][Al]([Cl])[Cl].[H-].[H-].[Li+].[Li+]. The largest absolute Gasteiger partial charge is 1.00 e. The minimum Gasteiger partial charge on any atom is -1.00 e. The van der Waals surface area contributed by atoms with Gasteiger partial charge in [-0.3, -0.25) is 0 Å². The first kappa shape index (κ1) is 29.9. The summed E-state index contributed by atoms with van der Waals surface area (Å²) in [6.07, 6.45) is 0. The fourth-order valence-electron chi connectivity index (χ4n) is 0. The monoisotopic (exact) mass is 208 g/mol. The third-order valence-corrected chi connectivity index (χ3v) is 0. The van der Waals surface area contributed by atoms with Crippen LogP contribution in [0.2, 0.25) is 0 Å². The van der Waals surface area contributed by atoms with E-state index in [1.165, 1.54) is 0 Å². The van der Waals surface area contributed by atoms with Crippen LogP contribution < -0.4 is 37.7 Å². The molecule has 0 rings (SSSR count). The molecule has 0 aromatic carbocycles. The van der Waals surface area contributed by atoms with Gasteiger partial charge in [0.2, 0.25) is 0 Å². The maximum Gasteiger partial charge on any atom is 1.00 e. The fraction of sp³-hybridized carbons (Fsp3) is 0. The molecule has 0 aliphatic heterocycles. The van der Waals surface area contributed by atoms with Crippen molar-refractivity contribution in [3.8, 4) is 0 Å². The van der Waals surface area contributed by atoms with Crippen molar-refractivity contribution in [1.82, 2.24) is 0 Å². The molecule has 0 atom stereocenters. The molecule has 0 fully saturated rings. The van der Waals surface area contributed by atoms with E-state index in [1.54, 1.807) is 0 Å². The minimum atomic E-state index is -1.72. The van der Waals surface area contributed by atoms with Gasteiger partial charge in [-0.15, -0.1) is 0 Å². The van der Waals surface area contributed by atoms with Gasteiger partial charge in [0, 0.05) is 0 Å². The second-order valence-corrected chi connectivity index (χ2v) is 6.68. The summed E-state index contributed by atoms with van der Waals surface area (Å²) in [6, 6.07) is 0. The molecule has 0 aliphatic carbocycles. The molecule has 0 unspecified atom stereocenters. The fourth-order valence-corrected chi connectivity index (χ4v) is 0. The number of halogens is 3. The van der Waals surface area contributed by atoms with Crippen LogP contribution in [0, 0.1) is 0 Å².